The lowest BCUT2D eigenvalue weighted by Gasteiger charge is -2.34. The van der Waals surface area contributed by atoms with Gasteiger partial charge in [-0.15, -0.1) is 0 Å². The third-order valence-electron chi connectivity index (χ3n) is 6.86. The molecule has 4 rings (SSSR count). The summed E-state index contributed by atoms with van der Waals surface area (Å²) in [6, 6.07) is 11.7. The number of alkyl halides is 1. The average Bonchev–Trinajstić information content (AvgIpc) is 3.28. The van der Waals surface area contributed by atoms with E-state index in [2.05, 4.69) is 11.0 Å². The maximum absolute atomic E-state index is 14.8. The van der Waals surface area contributed by atoms with E-state index in [0.29, 0.717) is 54.5 Å². The molecule has 192 valence electrons. The molecular formula is C28H33F2N3O3. The molecule has 1 N–H and O–H groups in total. The predicted octanol–water partition coefficient (Wildman–Crippen LogP) is 4.41. The molecule has 0 aliphatic carbocycles. The highest BCUT2D eigenvalue weighted by Gasteiger charge is 2.28. The molecule has 2 saturated heterocycles. The van der Waals surface area contributed by atoms with Gasteiger partial charge >= 0.3 is 0 Å². The van der Waals surface area contributed by atoms with E-state index in [-0.39, 0.29) is 12.1 Å². The van der Waals surface area contributed by atoms with Crippen LogP contribution in [0.3, 0.4) is 0 Å². The van der Waals surface area contributed by atoms with E-state index in [1.54, 1.807) is 38.1 Å². The highest BCUT2D eigenvalue weighted by molar-refractivity contribution is 5.95. The Balaban J connectivity index is 1.38. The highest BCUT2D eigenvalue weighted by atomic mass is 19.1. The number of likely N-dealkylation sites (tertiary alicyclic amines) is 2. The lowest BCUT2D eigenvalue weighted by Crippen LogP contribution is -2.41. The van der Waals surface area contributed by atoms with Gasteiger partial charge in [0.25, 0.3) is 5.91 Å². The number of ether oxygens (including phenoxy) is 1. The van der Waals surface area contributed by atoms with Crippen molar-refractivity contribution < 1.29 is 23.4 Å². The SMILES string of the molecule is CC(C)(F)CN1CCC(COc2ccc(-c3ccc(C(=O)N4CCC(O)C4)c(F)c3)cc2C#N)CC1. The number of hydrogen-bond acceptors (Lipinski definition) is 5. The van der Waals surface area contributed by atoms with Crippen LogP contribution in [0.2, 0.25) is 0 Å². The summed E-state index contributed by atoms with van der Waals surface area (Å²) in [6.07, 6.45) is 1.75. The molecule has 0 bridgehead atoms. The second-order valence-corrected chi connectivity index (χ2v) is 10.5. The van der Waals surface area contributed by atoms with Crippen molar-refractivity contribution in [3.8, 4) is 22.9 Å². The Bertz CT molecular complexity index is 1130. The van der Waals surface area contributed by atoms with Gasteiger partial charge in [-0.2, -0.15) is 5.26 Å². The van der Waals surface area contributed by atoms with Gasteiger partial charge in [0, 0.05) is 19.6 Å². The minimum Gasteiger partial charge on any atom is -0.492 e. The number of rotatable bonds is 7. The van der Waals surface area contributed by atoms with E-state index in [9.17, 15) is 23.9 Å². The maximum atomic E-state index is 14.8. The van der Waals surface area contributed by atoms with Crippen LogP contribution in [0, 0.1) is 23.1 Å². The number of aliphatic hydroxyl groups excluding tert-OH is 1. The Labute approximate surface area is 211 Å². The van der Waals surface area contributed by atoms with Crippen LogP contribution in [0.5, 0.6) is 5.75 Å². The molecule has 0 aromatic heterocycles. The van der Waals surface area contributed by atoms with Crippen molar-refractivity contribution in [2.75, 3.05) is 39.3 Å². The van der Waals surface area contributed by atoms with Gasteiger partial charge in [0.2, 0.25) is 0 Å². The third kappa shape index (κ3) is 6.40. The molecule has 2 aromatic carbocycles. The second-order valence-electron chi connectivity index (χ2n) is 10.5. The van der Waals surface area contributed by atoms with E-state index in [1.165, 1.54) is 17.0 Å². The van der Waals surface area contributed by atoms with Gasteiger partial charge in [-0.05, 0) is 87.5 Å². The summed E-state index contributed by atoms with van der Waals surface area (Å²) in [7, 11) is 0. The fourth-order valence-electron chi connectivity index (χ4n) is 4.94. The zero-order chi connectivity index (χ0) is 25.9. The number of hydrogen-bond donors (Lipinski definition) is 1. The number of β-amino-alcohol motifs (C(OH)–C–C–N with tert-alkyl or cyclic N) is 1. The fourth-order valence-corrected chi connectivity index (χ4v) is 4.94. The lowest BCUT2D eigenvalue weighted by molar-refractivity contribution is 0.0760. The van der Waals surface area contributed by atoms with Crippen LogP contribution in [0.25, 0.3) is 11.1 Å². The molecule has 36 heavy (non-hydrogen) atoms. The predicted molar refractivity (Wildman–Crippen MR) is 133 cm³/mol. The molecule has 2 aromatic rings. The molecular weight excluding hydrogens is 464 g/mol. The van der Waals surface area contributed by atoms with Crippen molar-refractivity contribution in [2.24, 2.45) is 5.92 Å². The van der Waals surface area contributed by atoms with Gasteiger partial charge in [-0.1, -0.05) is 12.1 Å². The van der Waals surface area contributed by atoms with Gasteiger partial charge in [0.15, 0.2) is 0 Å². The Morgan fingerprint density at radius 2 is 1.83 bits per heavy atom. The van der Waals surface area contributed by atoms with Gasteiger partial charge in [0.1, 0.15) is 23.3 Å². The Morgan fingerprint density at radius 3 is 2.44 bits per heavy atom. The van der Waals surface area contributed by atoms with E-state index >= 15 is 0 Å². The number of piperidine rings is 1. The van der Waals surface area contributed by atoms with Crippen molar-refractivity contribution in [2.45, 2.75) is 44.9 Å². The second kappa shape index (κ2) is 10.9. The number of benzene rings is 2. The molecule has 0 saturated carbocycles. The first-order chi connectivity index (χ1) is 17.1. The third-order valence-corrected chi connectivity index (χ3v) is 6.86. The van der Waals surface area contributed by atoms with Crippen LogP contribution in [-0.2, 0) is 0 Å². The monoisotopic (exact) mass is 497 g/mol. The molecule has 2 aliphatic heterocycles. The van der Waals surface area contributed by atoms with E-state index < -0.39 is 23.5 Å². The highest BCUT2D eigenvalue weighted by Crippen LogP contribution is 2.29. The molecule has 2 heterocycles. The average molecular weight is 498 g/mol. The standard InChI is InChI=1S/C28H33F2N3O3/c1-28(2,30)18-32-10-7-19(8-11-32)17-36-26-6-4-20(13-22(26)15-31)21-3-5-24(25(29)14-21)27(35)33-12-9-23(34)16-33/h3-6,13-14,19,23,34H,7-12,16-18H2,1-2H3. The first-order valence-corrected chi connectivity index (χ1v) is 12.5. The minimum absolute atomic E-state index is 0.0329. The number of nitriles is 1. The molecule has 0 radical (unpaired) electrons. The number of amides is 1. The molecule has 6 nitrogen and oxygen atoms in total. The molecule has 2 aliphatic rings. The van der Waals surface area contributed by atoms with Gasteiger partial charge < -0.3 is 19.6 Å². The minimum atomic E-state index is -1.21. The number of nitrogens with zero attached hydrogens (tertiary/aromatic N) is 3. The summed E-state index contributed by atoms with van der Waals surface area (Å²) >= 11 is 0. The number of aliphatic hydroxyl groups is 1. The lowest BCUT2D eigenvalue weighted by atomic mass is 9.96. The largest absolute Gasteiger partial charge is 0.492 e. The number of carbonyl (C=O) groups is 1. The Hall–Kier alpha value is -3.02. The normalized spacial score (nSPS) is 19.3. The zero-order valence-electron chi connectivity index (χ0n) is 20.8. The van der Waals surface area contributed by atoms with E-state index in [0.717, 1.165) is 25.9 Å². The summed E-state index contributed by atoms with van der Waals surface area (Å²) in [5.41, 5.74) is 0.320. The molecule has 1 atom stereocenters. The van der Waals surface area contributed by atoms with Crippen molar-refractivity contribution in [1.82, 2.24) is 9.80 Å². The first kappa shape index (κ1) is 26.1. The van der Waals surface area contributed by atoms with Crippen LogP contribution in [-0.4, -0.2) is 71.9 Å². The topological polar surface area (TPSA) is 76.8 Å². The van der Waals surface area contributed by atoms with Gasteiger partial charge in [-0.25, -0.2) is 8.78 Å². The van der Waals surface area contributed by atoms with Crippen molar-refractivity contribution in [3.63, 3.8) is 0 Å². The molecule has 0 spiro atoms. The summed E-state index contributed by atoms with van der Waals surface area (Å²) in [6.45, 7) is 6.37. The Morgan fingerprint density at radius 1 is 1.14 bits per heavy atom. The van der Waals surface area contributed by atoms with E-state index in [1.807, 2.05) is 0 Å². The molecule has 1 amide bonds. The fraction of sp³-hybridized carbons (Fsp3) is 0.500. The van der Waals surface area contributed by atoms with Crippen LogP contribution in [0.15, 0.2) is 36.4 Å². The van der Waals surface area contributed by atoms with Crippen molar-refractivity contribution in [3.05, 3.63) is 53.3 Å². The quantitative estimate of drug-likeness (QED) is 0.613. The first-order valence-electron chi connectivity index (χ1n) is 12.5. The van der Waals surface area contributed by atoms with Crippen LogP contribution in [0.1, 0.15) is 49.0 Å². The molecule has 1 unspecified atom stereocenters. The number of carbonyl (C=O) groups excluding carboxylic acids is 1. The van der Waals surface area contributed by atoms with Crippen LogP contribution >= 0.6 is 0 Å². The van der Waals surface area contributed by atoms with E-state index in [4.69, 9.17) is 4.74 Å². The van der Waals surface area contributed by atoms with Gasteiger partial charge in [-0.3, -0.25) is 4.79 Å². The number of halogens is 2. The summed E-state index contributed by atoms with van der Waals surface area (Å²) in [5, 5.41) is 19.3. The van der Waals surface area contributed by atoms with Crippen molar-refractivity contribution in [1.29, 1.82) is 5.26 Å². The smallest absolute Gasteiger partial charge is 0.256 e. The van der Waals surface area contributed by atoms with Crippen LogP contribution in [0.4, 0.5) is 8.78 Å². The molecule has 2 fully saturated rings. The van der Waals surface area contributed by atoms with Gasteiger partial charge in [0.05, 0.1) is 23.8 Å². The van der Waals surface area contributed by atoms with Crippen molar-refractivity contribution >= 4 is 5.91 Å². The summed E-state index contributed by atoms with van der Waals surface area (Å²) in [4.78, 5) is 16.2. The zero-order valence-corrected chi connectivity index (χ0v) is 20.8. The maximum Gasteiger partial charge on any atom is 0.256 e. The molecule has 8 heteroatoms. The Kier molecular flexibility index (Phi) is 7.91. The summed E-state index contributed by atoms with van der Waals surface area (Å²) < 4.78 is 34.7. The van der Waals surface area contributed by atoms with Crippen LogP contribution < -0.4 is 4.74 Å². The summed E-state index contributed by atoms with van der Waals surface area (Å²) in [5.74, 6) is -0.254.